The van der Waals surface area contributed by atoms with Crippen molar-refractivity contribution < 1.29 is 18.7 Å². The van der Waals surface area contributed by atoms with Gasteiger partial charge in [0.15, 0.2) is 5.78 Å². The lowest BCUT2D eigenvalue weighted by molar-refractivity contribution is -0.0967. The number of aryl methyl sites for hydroxylation is 2. The van der Waals surface area contributed by atoms with Crippen molar-refractivity contribution in [2.24, 2.45) is 0 Å². The SMILES string of the molecule is Cc1oc2c(c1C(=O)N1CCC3(CC1)OCCc1cnc(N(C)C)nc13)C(=O)CCC2. The zero-order valence-electron chi connectivity index (χ0n) is 18.4. The Morgan fingerprint density at radius 3 is 2.71 bits per heavy atom. The molecule has 3 aliphatic rings. The first-order valence-electron chi connectivity index (χ1n) is 11.0. The maximum absolute atomic E-state index is 13.4. The van der Waals surface area contributed by atoms with Crippen LogP contribution < -0.4 is 4.90 Å². The van der Waals surface area contributed by atoms with Gasteiger partial charge in [-0.2, -0.15) is 0 Å². The Labute approximate surface area is 181 Å². The summed E-state index contributed by atoms with van der Waals surface area (Å²) in [5.41, 5.74) is 2.56. The highest BCUT2D eigenvalue weighted by atomic mass is 16.5. The first-order chi connectivity index (χ1) is 14.9. The summed E-state index contributed by atoms with van der Waals surface area (Å²) in [6.07, 6.45) is 6.03. The van der Waals surface area contributed by atoms with Gasteiger partial charge in [-0.05, 0) is 38.2 Å². The molecule has 2 aliphatic heterocycles. The molecule has 2 aromatic heterocycles. The number of ether oxygens (including phenoxy) is 1. The molecule has 31 heavy (non-hydrogen) atoms. The van der Waals surface area contributed by atoms with Crippen LogP contribution in [0.4, 0.5) is 5.95 Å². The number of amides is 1. The number of likely N-dealkylation sites (tertiary alicyclic amines) is 1. The fourth-order valence-corrected chi connectivity index (χ4v) is 5.09. The minimum absolute atomic E-state index is 0.0207. The predicted octanol–water partition coefficient (Wildman–Crippen LogP) is 2.67. The van der Waals surface area contributed by atoms with Gasteiger partial charge in [-0.1, -0.05) is 0 Å². The lowest BCUT2D eigenvalue weighted by atomic mass is 9.83. The molecule has 0 atom stereocenters. The smallest absolute Gasteiger partial charge is 0.258 e. The quantitative estimate of drug-likeness (QED) is 0.732. The number of anilines is 1. The summed E-state index contributed by atoms with van der Waals surface area (Å²) in [6.45, 7) is 3.51. The van der Waals surface area contributed by atoms with Crippen molar-refractivity contribution in [1.29, 1.82) is 0 Å². The van der Waals surface area contributed by atoms with Gasteiger partial charge < -0.3 is 19.0 Å². The third-order valence-electron chi connectivity index (χ3n) is 6.75. The molecule has 2 aromatic rings. The highest BCUT2D eigenvalue weighted by Crippen LogP contribution is 2.41. The molecular formula is C23H28N4O4. The molecule has 1 amide bonds. The van der Waals surface area contributed by atoms with Crippen LogP contribution in [0.25, 0.3) is 0 Å². The molecule has 1 aliphatic carbocycles. The Kier molecular flexibility index (Phi) is 4.84. The fourth-order valence-electron chi connectivity index (χ4n) is 5.09. The molecule has 0 aromatic carbocycles. The molecule has 1 saturated heterocycles. The van der Waals surface area contributed by atoms with Crippen LogP contribution in [0, 0.1) is 6.92 Å². The van der Waals surface area contributed by atoms with Gasteiger partial charge in [-0.3, -0.25) is 9.59 Å². The molecule has 164 valence electrons. The maximum atomic E-state index is 13.4. The van der Waals surface area contributed by atoms with Crippen LogP contribution in [0.5, 0.6) is 0 Å². The van der Waals surface area contributed by atoms with Gasteiger partial charge in [0, 0.05) is 46.2 Å². The number of aromatic nitrogens is 2. The Morgan fingerprint density at radius 1 is 1.19 bits per heavy atom. The zero-order valence-corrected chi connectivity index (χ0v) is 18.4. The van der Waals surface area contributed by atoms with E-state index in [1.165, 1.54) is 0 Å². The summed E-state index contributed by atoms with van der Waals surface area (Å²) in [5.74, 6) is 1.80. The van der Waals surface area contributed by atoms with Gasteiger partial charge in [-0.15, -0.1) is 0 Å². The summed E-state index contributed by atoms with van der Waals surface area (Å²) < 4.78 is 12.1. The van der Waals surface area contributed by atoms with Gasteiger partial charge in [0.2, 0.25) is 5.95 Å². The van der Waals surface area contributed by atoms with E-state index < -0.39 is 5.60 Å². The Hall–Kier alpha value is -2.74. The van der Waals surface area contributed by atoms with Crippen LogP contribution in [0.3, 0.4) is 0 Å². The van der Waals surface area contributed by atoms with E-state index in [9.17, 15) is 9.59 Å². The van der Waals surface area contributed by atoms with Gasteiger partial charge in [0.1, 0.15) is 17.1 Å². The molecule has 4 heterocycles. The molecule has 0 unspecified atom stereocenters. The third-order valence-corrected chi connectivity index (χ3v) is 6.75. The Balaban J connectivity index is 1.40. The summed E-state index contributed by atoms with van der Waals surface area (Å²) in [7, 11) is 3.85. The van der Waals surface area contributed by atoms with Gasteiger partial charge in [0.25, 0.3) is 5.91 Å². The van der Waals surface area contributed by atoms with Gasteiger partial charge in [-0.25, -0.2) is 9.97 Å². The second-order valence-corrected chi connectivity index (χ2v) is 8.93. The van der Waals surface area contributed by atoms with Crippen molar-refractivity contribution in [3.05, 3.63) is 40.1 Å². The minimum Gasteiger partial charge on any atom is -0.465 e. The summed E-state index contributed by atoms with van der Waals surface area (Å²) in [6, 6.07) is 0. The van der Waals surface area contributed by atoms with E-state index in [0.29, 0.717) is 67.6 Å². The number of ketones is 1. The minimum atomic E-state index is -0.487. The van der Waals surface area contributed by atoms with E-state index in [0.717, 1.165) is 30.5 Å². The van der Waals surface area contributed by atoms with E-state index in [4.69, 9.17) is 14.1 Å². The number of furan rings is 1. The van der Waals surface area contributed by atoms with Crippen LogP contribution >= 0.6 is 0 Å². The highest BCUT2D eigenvalue weighted by Gasteiger charge is 2.44. The molecule has 0 saturated carbocycles. The van der Waals surface area contributed by atoms with E-state index in [2.05, 4.69) is 4.98 Å². The molecular weight excluding hydrogens is 396 g/mol. The van der Waals surface area contributed by atoms with Crippen molar-refractivity contribution in [1.82, 2.24) is 14.9 Å². The van der Waals surface area contributed by atoms with Crippen LogP contribution in [0.1, 0.15) is 69.2 Å². The number of hydrogen-bond acceptors (Lipinski definition) is 7. The van der Waals surface area contributed by atoms with Crippen molar-refractivity contribution in [2.45, 2.75) is 51.0 Å². The number of piperidine rings is 1. The Morgan fingerprint density at radius 2 is 1.97 bits per heavy atom. The molecule has 0 bridgehead atoms. The number of nitrogens with zero attached hydrogens (tertiary/aromatic N) is 4. The van der Waals surface area contributed by atoms with Crippen LogP contribution in [-0.2, 0) is 23.2 Å². The first kappa shape index (κ1) is 20.2. The van der Waals surface area contributed by atoms with Crippen LogP contribution in [-0.4, -0.2) is 60.4 Å². The topological polar surface area (TPSA) is 88.8 Å². The van der Waals surface area contributed by atoms with Crippen molar-refractivity contribution in [3.8, 4) is 0 Å². The van der Waals surface area contributed by atoms with E-state index in [-0.39, 0.29) is 11.7 Å². The number of rotatable bonds is 2. The lowest BCUT2D eigenvalue weighted by Crippen LogP contribution is -2.49. The highest BCUT2D eigenvalue weighted by molar-refractivity contribution is 6.10. The third kappa shape index (κ3) is 3.24. The summed E-state index contributed by atoms with van der Waals surface area (Å²) in [4.78, 5) is 38.9. The predicted molar refractivity (Wildman–Crippen MR) is 114 cm³/mol. The van der Waals surface area contributed by atoms with Gasteiger partial charge in [0.05, 0.1) is 23.4 Å². The summed E-state index contributed by atoms with van der Waals surface area (Å²) in [5, 5.41) is 0. The fraction of sp³-hybridized carbons (Fsp3) is 0.565. The maximum Gasteiger partial charge on any atom is 0.258 e. The first-order valence-corrected chi connectivity index (χ1v) is 11.0. The second-order valence-electron chi connectivity index (χ2n) is 8.93. The molecule has 0 radical (unpaired) electrons. The number of carbonyl (C=O) groups excluding carboxylic acids is 2. The summed E-state index contributed by atoms with van der Waals surface area (Å²) >= 11 is 0. The van der Waals surface area contributed by atoms with E-state index >= 15 is 0 Å². The molecule has 5 rings (SSSR count). The largest absolute Gasteiger partial charge is 0.465 e. The van der Waals surface area contributed by atoms with E-state index in [1.54, 1.807) is 6.92 Å². The number of Topliss-reactive ketones (excluding diaryl/α,β-unsaturated/α-hetero) is 1. The van der Waals surface area contributed by atoms with E-state index in [1.807, 2.05) is 30.1 Å². The Bertz CT molecular complexity index is 1050. The molecule has 1 fully saturated rings. The lowest BCUT2D eigenvalue weighted by Gasteiger charge is -2.44. The molecule has 8 nitrogen and oxygen atoms in total. The number of hydrogen-bond donors (Lipinski definition) is 0. The standard InChI is InChI=1S/C23H28N4O4/c1-14-18(19-16(28)5-4-6-17(19)31-14)21(29)27-10-8-23(9-11-27)20-15(7-12-30-23)13-24-22(25-20)26(2)3/h13H,4-12H2,1-3H3. The van der Waals surface area contributed by atoms with Gasteiger partial charge >= 0.3 is 0 Å². The zero-order chi connectivity index (χ0) is 21.8. The molecule has 1 spiro atoms. The van der Waals surface area contributed by atoms with Crippen molar-refractivity contribution >= 4 is 17.6 Å². The van der Waals surface area contributed by atoms with Crippen molar-refractivity contribution in [2.75, 3.05) is 38.7 Å². The molecule has 0 N–H and O–H groups in total. The monoisotopic (exact) mass is 424 g/mol. The average molecular weight is 425 g/mol. The molecule has 8 heteroatoms. The van der Waals surface area contributed by atoms with Crippen LogP contribution in [0.2, 0.25) is 0 Å². The van der Waals surface area contributed by atoms with Crippen molar-refractivity contribution in [3.63, 3.8) is 0 Å². The number of carbonyl (C=O) groups is 2. The normalized spacial score (nSPS) is 19.8. The van der Waals surface area contributed by atoms with Crippen LogP contribution in [0.15, 0.2) is 10.6 Å². The average Bonchev–Trinajstić information content (AvgIpc) is 3.11. The number of fused-ring (bicyclic) bond motifs is 3. The second kappa shape index (κ2) is 7.44.